The first-order valence-corrected chi connectivity index (χ1v) is 3.18. The molecule has 2 atom stereocenters. The molecule has 1 aliphatic carbocycles. The van der Waals surface area contributed by atoms with Crippen LogP contribution in [0.5, 0.6) is 0 Å². The Hall–Kier alpha value is 0.210. The van der Waals surface area contributed by atoms with Crippen LogP contribution in [0.3, 0.4) is 0 Å². The Kier molecular flexibility index (Phi) is 1.99. The molecule has 1 aliphatic heterocycles. The van der Waals surface area contributed by atoms with E-state index in [9.17, 15) is 0 Å². The van der Waals surface area contributed by atoms with Gasteiger partial charge in [-0.1, -0.05) is 0 Å². The molecule has 0 amide bonds. The van der Waals surface area contributed by atoms with Crippen LogP contribution in [-0.4, -0.2) is 26.3 Å². The molecular formula is C6H12ClNO. The molecule has 2 nitrogen and oxygen atoms in total. The van der Waals surface area contributed by atoms with E-state index in [2.05, 4.69) is 5.32 Å². The first kappa shape index (κ1) is 7.32. The highest BCUT2D eigenvalue weighted by Gasteiger charge is 2.52. The summed E-state index contributed by atoms with van der Waals surface area (Å²) < 4.78 is 5.20. The second kappa shape index (κ2) is 2.45. The van der Waals surface area contributed by atoms with Crippen molar-refractivity contribution in [1.29, 1.82) is 0 Å². The molecule has 54 valence electrons. The summed E-state index contributed by atoms with van der Waals surface area (Å²) >= 11 is 0. The van der Waals surface area contributed by atoms with E-state index >= 15 is 0 Å². The lowest BCUT2D eigenvalue weighted by molar-refractivity contribution is 0.157. The number of fused-ring (bicyclic) bond motifs is 1. The van der Waals surface area contributed by atoms with Gasteiger partial charge in [-0.2, -0.15) is 0 Å². The van der Waals surface area contributed by atoms with Crippen LogP contribution in [0.2, 0.25) is 0 Å². The Labute approximate surface area is 61.4 Å². The molecule has 9 heavy (non-hydrogen) atoms. The highest BCUT2D eigenvalue weighted by molar-refractivity contribution is 5.85. The molecule has 0 spiro atoms. The summed E-state index contributed by atoms with van der Waals surface area (Å²) in [5, 5.41) is 3.26. The summed E-state index contributed by atoms with van der Waals surface area (Å²) in [5.41, 5.74) is 0. The fourth-order valence-electron chi connectivity index (χ4n) is 1.67. The van der Waals surface area contributed by atoms with Gasteiger partial charge in [0.05, 0.1) is 13.2 Å². The zero-order valence-corrected chi connectivity index (χ0v) is 6.28. The Morgan fingerprint density at radius 3 is 2.22 bits per heavy atom. The maximum atomic E-state index is 5.20. The van der Waals surface area contributed by atoms with E-state index in [1.807, 2.05) is 7.05 Å². The molecular weight excluding hydrogens is 138 g/mol. The average Bonchev–Trinajstić information content (AvgIpc) is 2.22. The third kappa shape index (κ3) is 0.955. The molecule has 0 bridgehead atoms. The van der Waals surface area contributed by atoms with Crippen LogP contribution < -0.4 is 5.32 Å². The lowest BCUT2D eigenvalue weighted by Gasteiger charge is -1.99. The standard InChI is InChI=1S/C6H11NO.ClH/c1-7-6-4-2-8-3-5(4)6;/h4-7H,2-3H2,1H3;1H. The molecule has 0 aromatic rings. The van der Waals surface area contributed by atoms with Crippen molar-refractivity contribution >= 4 is 12.4 Å². The van der Waals surface area contributed by atoms with E-state index in [-0.39, 0.29) is 12.4 Å². The molecule has 0 aromatic carbocycles. The van der Waals surface area contributed by atoms with Crippen LogP contribution in [0.1, 0.15) is 0 Å². The van der Waals surface area contributed by atoms with E-state index in [0.29, 0.717) is 0 Å². The highest BCUT2D eigenvalue weighted by atomic mass is 35.5. The van der Waals surface area contributed by atoms with E-state index in [4.69, 9.17) is 4.74 Å². The highest BCUT2D eigenvalue weighted by Crippen LogP contribution is 2.43. The summed E-state index contributed by atoms with van der Waals surface area (Å²) in [7, 11) is 2.03. The van der Waals surface area contributed by atoms with Crippen molar-refractivity contribution in [3.05, 3.63) is 0 Å². The molecule has 1 heterocycles. The molecule has 2 rings (SSSR count). The van der Waals surface area contributed by atoms with Crippen LogP contribution in [0.15, 0.2) is 0 Å². The Balaban J connectivity index is 0.000000405. The fourth-order valence-corrected chi connectivity index (χ4v) is 1.67. The summed E-state index contributed by atoms with van der Waals surface area (Å²) in [4.78, 5) is 0. The summed E-state index contributed by atoms with van der Waals surface area (Å²) in [6.45, 7) is 1.99. The topological polar surface area (TPSA) is 21.3 Å². The van der Waals surface area contributed by atoms with E-state index < -0.39 is 0 Å². The van der Waals surface area contributed by atoms with E-state index in [0.717, 1.165) is 31.1 Å². The van der Waals surface area contributed by atoms with Crippen molar-refractivity contribution < 1.29 is 4.74 Å². The predicted octanol–water partition coefficient (Wildman–Crippen LogP) is 0.272. The largest absolute Gasteiger partial charge is 0.381 e. The zero-order chi connectivity index (χ0) is 5.56. The normalized spacial score (nSPS) is 45.7. The van der Waals surface area contributed by atoms with E-state index in [1.54, 1.807) is 0 Å². The minimum Gasteiger partial charge on any atom is -0.381 e. The van der Waals surface area contributed by atoms with Crippen LogP contribution >= 0.6 is 12.4 Å². The van der Waals surface area contributed by atoms with Gasteiger partial charge in [-0.05, 0) is 7.05 Å². The van der Waals surface area contributed by atoms with Gasteiger partial charge in [0.25, 0.3) is 0 Å². The molecule has 3 heteroatoms. The Morgan fingerprint density at radius 2 is 1.89 bits per heavy atom. The molecule has 1 saturated carbocycles. The fraction of sp³-hybridized carbons (Fsp3) is 1.00. The monoisotopic (exact) mass is 149 g/mol. The quantitative estimate of drug-likeness (QED) is 0.578. The van der Waals surface area contributed by atoms with Gasteiger partial charge in [0.1, 0.15) is 0 Å². The van der Waals surface area contributed by atoms with Crippen molar-refractivity contribution in [2.45, 2.75) is 6.04 Å². The number of halogens is 1. The smallest absolute Gasteiger partial charge is 0.0513 e. The Morgan fingerprint density at radius 1 is 1.33 bits per heavy atom. The van der Waals surface area contributed by atoms with Crippen LogP contribution in [-0.2, 0) is 4.74 Å². The van der Waals surface area contributed by atoms with Gasteiger partial charge in [-0.25, -0.2) is 0 Å². The molecule has 2 aliphatic rings. The number of hydrogen-bond donors (Lipinski definition) is 1. The van der Waals surface area contributed by atoms with Gasteiger partial charge in [-0.3, -0.25) is 0 Å². The number of hydrogen-bond acceptors (Lipinski definition) is 2. The van der Waals surface area contributed by atoms with Crippen LogP contribution in [0, 0.1) is 11.8 Å². The maximum Gasteiger partial charge on any atom is 0.0513 e. The number of nitrogens with one attached hydrogen (secondary N) is 1. The SMILES string of the molecule is CNC1C2COCC21.Cl. The summed E-state index contributed by atoms with van der Waals surface area (Å²) in [5.74, 6) is 1.72. The van der Waals surface area contributed by atoms with Gasteiger partial charge in [0.2, 0.25) is 0 Å². The lowest BCUT2D eigenvalue weighted by Crippen LogP contribution is -2.17. The van der Waals surface area contributed by atoms with Crippen LogP contribution in [0.25, 0.3) is 0 Å². The zero-order valence-electron chi connectivity index (χ0n) is 5.46. The average molecular weight is 150 g/mol. The van der Waals surface area contributed by atoms with Gasteiger partial charge >= 0.3 is 0 Å². The predicted molar refractivity (Wildman–Crippen MR) is 37.9 cm³/mol. The molecule has 1 N–H and O–H groups in total. The summed E-state index contributed by atoms with van der Waals surface area (Å²) in [6.07, 6.45) is 0. The minimum absolute atomic E-state index is 0. The second-order valence-corrected chi connectivity index (χ2v) is 2.68. The second-order valence-electron chi connectivity index (χ2n) is 2.68. The first-order valence-electron chi connectivity index (χ1n) is 3.18. The summed E-state index contributed by atoms with van der Waals surface area (Å²) in [6, 6.07) is 0.795. The molecule has 2 fully saturated rings. The van der Waals surface area contributed by atoms with Gasteiger partial charge in [-0.15, -0.1) is 12.4 Å². The van der Waals surface area contributed by atoms with Gasteiger partial charge in [0, 0.05) is 17.9 Å². The minimum atomic E-state index is 0. The molecule has 1 saturated heterocycles. The van der Waals surface area contributed by atoms with Crippen molar-refractivity contribution in [2.24, 2.45) is 11.8 Å². The molecule has 2 unspecified atom stereocenters. The molecule has 0 radical (unpaired) electrons. The third-order valence-corrected chi connectivity index (χ3v) is 2.29. The van der Waals surface area contributed by atoms with Crippen molar-refractivity contribution in [1.82, 2.24) is 5.32 Å². The van der Waals surface area contributed by atoms with Crippen molar-refractivity contribution in [2.75, 3.05) is 20.3 Å². The Bertz CT molecular complexity index is 92.5. The number of rotatable bonds is 1. The molecule has 0 aromatic heterocycles. The van der Waals surface area contributed by atoms with Gasteiger partial charge < -0.3 is 10.1 Å². The van der Waals surface area contributed by atoms with Crippen molar-refractivity contribution in [3.63, 3.8) is 0 Å². The first-order chi connectivity index (χ1) is 3.93. The maximum absolute atomic E-state index is 5.20. The van der Waals surface area contributed by atoms with Crippen LogP contribution in [0.4, 0.5) is 0 Å². The van der Waals surface area contributed by atoms with Gasteiger partial charge in [0.15, 0.2) is 0 Å². The lowest BCUT2D eigenvalue weighted by atomic mass is 10.4. The number of ether oxygens (including phenoxy) is 1. The van der Waals surface area contributed by atoms with E-state index in [1.165, 1.54) is 0 Å². The third-order valence-electron chi connectivity index (χ3n) is 2.29. The van der Waals surface area contributed by atoms with Crippen molar-refractivity contribution in [3.8, 4) is 0 Å².